The molecular weight excluding hydrogens is 320 g/mol. The molecule has 1 N–H and O–H groups in total. The zero-order chi connectivity index (χ0) is 18.4. The Balaban J connectivity index is 2.19. The third kappa shape index (κ3) is 4.89. The Morgan fingerprint density at radius 1 is 1.24 bits per heavy atom. The standard InChI is InChI=1S/C20H24O5/c1-13(2)6-5-7-14(3)10-11-24-19-16-9-8-15(23-4)12-17(16)25-20(22)18(19)21/h6,8-10,12,21H,5,7,11H2,1-4H3. The molecule has 0 atom stereocenters. The van der Waals surface area contributed by atoms with E-state index in [0.717, 1.165) is 12.8 Å². The molecule has 0 saturated carbocycles. The minimum absolute atomic E-state index is 0.127. The van der Waals surface area contributed by atoms with Crippen molar-refractivity contribution in [2.24, 2.45) is 0 Å². The van der Waals surface area contributed by atoms with E-state index >= 15 is 0 Å². The van der Waals surface area contributed by atoms with Gasteiger partial charge in [0.15, 0.2) is 5.75 Å². The number of allylic oxidation sites excluding steroid dienone is 3. The van der Waals surface area contributed by atoms with Gasteiger partial charge in [-0.25, -0.2) is 4.79 Å². The van der Waals surface area contributed by atoms with Crippen LogP contribution in [-0.4, -0.2) is 18.8 Å². The first-order chi connectivity index (χ1) is 11.9. The van der Waals surface area contributed by atoms with Gasteiger partial charge in [-0.3, -0.25) is 0 Å². The highest BCUT2D eigenvalue weighted by Gasteiger charge is 2.15. The molecule has 0 bridgehead atoms. The van der Waals surface area contributed by atoms with Crippen LogP contribution in [0.3, 0.4) is 0 Å². The molecule has 0 radical (unpaired) electrons. The van der Waals surface area contributed by atoms with Crippen molar-refractivity contribution >= 4 is 11.0 Å². The van der Waals surface area contributed by atoms with Crippen molar-refractivity contribution in [3.8, 4) is 17.2 Å². The second kappa shape index (κ2) is 8.42. The normalized spacial score (nSPS) is 11.4. The van der Waals surface area contributed by atoms with E-state index in [2.05, 4.69) is 19.9 Å². The molecule has 1 aromatic heterocycles. The lowest BCUT2D eigenvalue weighted by atomic mass is 10.1. The minimum Gasteiger partial charge on any atom is -0.499 e. The summed E-state index contributed by atoms with van der Waals surface area (Å²) < 4.78 is 15.9. The Kier molecular flexibility index (Phi) is 6.28. The van der Waals surface area contributed by atoms with Crippen LogP contribution in [0.25, 0.3) is 11.0 Å². The Hall–Kier alpha value is -2.69. The van der Waals surface area contributed by atoms with Crippen LogP contribution >= 0.6 is 0 Å². The van der Waals surface area contributed by atoms with Crippen LogP contribution in [-0.2, 0) is 0 Å². The van der Waals surface area contributed by atoms with Crippen LogP contribution in [0.5, 0.6) is 17.2 Å². The maximum atomic E-state index is 11.8. The summed E-state index contributed by atoms with van der Waals surface area (Å²) in [6.45, 7) is 6.45. The van der Waals surface area contributed by atoms with E-state index < -0.39 is 11.4 Å². The maximum absolute atomic E-state index is 11.8. The Labute approximate surface area is 147 Å². The van der Waals surface area contributed by atoms with Gasteiger partial charge < -0.3 is 19.0 Å². The number of fused-ring (bicyclic) bond motifs is 1. The molecule has 0 aliphatic carbocycles. The molecule has 1 aromatic carbocycles. The summed E-state index contributed by atoms with van der Waals surface area (Å²) in [5, 5.41) is 10.5. The number of rotatable bonds is 7. The van der Waals surface area contributed by atoms with Gasteiger partial charge in [0, 0.05) is 6.07 Å². The average molecular weight is 344 g/mol. The third-order valence-corrected chi connectivity index (χ3v) is 3.80. The molecule has 0 fully saturated rings. The number of ether oxygens (including phenoxy) is 2. The van der Waals surface area contributed by atoms with Crippen molar-refractivity contribution in [3.05, 3.63) is 51.9 Å². The summed E-state index contributed by atoms with van der Waals surface area (Å²) in [7, 11) is 1.53. The van der Waals surface area contributed by atoms with Crippen molar-refractivity contribution in [2.75, 3.05) is 13.7 Å². The highest BCUT2D eigenvalue weighted by molar-refractivity contribution is 5.86. The van der Waals surface area contributed by atoms with Crippen LogP contribution in [0.15, 0.2) is 50.7 Å². The van der Waals surface area contributed by atoms with E-state index in [9.17, 15) is 9.90 Å². The molecule has 1 heterocycles. The van der Waals surface area contributed by atoms with E-state index in [-0.39, 0.29) is 12.4 Å². The van der Waals surface area contributed by atoms with Crippen LogP contribution in [0, 0.1) is 0 Å². The molecule has 2 aromatic rings. The van der Waals surface area contributed by atoms with Gasteiger partial charge in [0.2, 0.25) is 5.75 Å². The third-order valence-electron chi connectivity index (χ3n) is 3.80. The number of aromatic hydroxyl groups is 1. The van der Waals surface area contributed by atoms with Crippen LogP contribution in [0.1, 0.15) is 33.6 Å². The molecular formula is C20H24O5. The second-order valence-corrected chi connectivity index (χ2v) is 6.11. The van der Waals surface area contributed by atoms with Gasteiger partial charge in [0.05, 0.1) is 12.5 Å². The minimum atomic E-state index is -0.833. The SMILES string of the molecule is COc1ccc2c(OCC=C(C)CCC=C(C)C)c(O)c(=O)oc2c1. The predicted octanol–water partition coefficient (Wildman–Crippen LogP) is 4.58. The van der Waals surface area contributed by atoms with Gasteiger partial charge in [-0.15, -0.1) is 0 Å². The molecule has 2 rings (SSSR count). The molecule has 0 aliphatic rings. The molecule has 0 amide bonds. The second-order valence-electron chi connectivity index (χ2n) is 6.11. The van der Waals surface area contributed by atoms with E-state index in [0.29, 0.717) is 16.7 Å². The summed E-state index contributed by atoms with van der Waals surface area (Å²) in [6, 6.07) is 5.00. The number of hydrogen-bond acceptors (Lipinski definition) is 5. The molecule has 134 valence electrons. The predicted molar refractivity (Wildman–Crippen MR) is 98.6 cm³/mol. The maximum Gasteiger partial charge on any atom is 0.382 e. The lowest BCUT2D eigenvalue weighted by Crippen LogP contribution is -2.04. The fourth-order valence-electron chi connectivity index (χ4n) is 2.37. The monoisotopic (exact) mass is 344 g/mol. The Morgan fingerprint density at radius 2 is 2.00 bits per heavy atom. The Bertz CT molecular complexity index is 854. The molecule has 0 saturated heterocycles. The summed E-state index contributed by atoms with van der Waals surface area (Å²) in [5.74, 6) is 0.165. The molecule has 0 unspecified atom stereocenters. The Morgan fingerprint density at radius 3 is 2.68 bits per heavy atom. The summed E-state index contributed by atoms with van der Waals surface area (Å²) in [5.41, 5.74) is 1.96. The first-order valence-electron chi connectivity index (χ1n) is 8.18. The smallest absolute Gasteiger partial charge is 0.382 e. The molecule has 0 spiro atoms. The van der Waals surface area contributed by atoms with Gasteiger partial charge in [0.25, 0.3) is 0 Å². The molecule has 5 nitrogen and oxygen atoms in total. The summed E-state index contributed by atoms with van der Waals surface area (Å²) >= 11 is 0. The van der Waals surface area contributed by atoms with Crippen molar-refractivity contribution < 1.29 is 19.0 Å². The number of benzene rings is 1. The largest absolute Gasteiger partial charge is 0.499 e. The van der Waals surface area contributed by atoms with E-state index in [4.69, 9.17) is 13.9 Å². The fourth-order valence-corrected chi connectivity index (χ4v) is 2.37. The summed E-state index contributed by atoms with van der Waals surface area (Å²) in [4.78, 5) is 11.8. The first-order valence-corrected chi connectivity index (χ1v) is 8.18. The van der Waals surface area contributed by atoms with Crippen molar-refractivity contribution in [2.45, 2.75) is 33.6 Å². The average Bonchev–Trinajstić information content (AvgIpc) is 2.57. The summed E-state index contributed by atoms with van der Waals surface area (Å²) in [6.07, 6.45) is 6.05. The highest BCUT2D eigenvalue weighted by atomic mass is 16.5. The lowest BCUT2D eigenvalue weighted by molar-refractivity contribution is 0.327. The van der Waals surface area contributed by atoms with Crippen molar-refractivity contribution in [1.82, 2.24) is 0 Å². The lowest BCUT2D eigenvalue weighted by Gasteiger charge is -2.10. The van der Waals surface area contributed by atoms with Crippen molar-refractivity contribution in [1.29, 1.82) is 0 Å². The van der Waals surface area contributed by atoms with Crippen molar-refractivity contribution in [3.63, 3.8) is 0 Å². The fraction of sp³-hybridized carbons (Fsp3) is 0.350. The van der Waals surface area contributed by atoms with Gasteiger partial charge in [-0.1, -0.05) is 17.2 Å². The van der Waals surface area contributed by atoms with Crippen LogP contribution < -0.4 is 15.1 Å². The zero-order valence-electron chi connectivity index (χ0n) is 15.1. The zero-order valence-corrected chi connectivity index (χ0v) is 15.1. The number of hydrogen-bond donors (Lipinski definition) is 1. The first kappa shape index (κ1) is 18.6. The van der Waals surface area contributed by atoms with Gasteiger partial charge >= 0.3 is 5.63 Å². The number of methoxy groups -OCH3 is 1. The molecule has 25 heavy (non-hydrogen) atoms. The van der Waals surface area contributed by atoms with Crippen LogP contribution in [0.2, 0.25) is 0 Å². The molecule has 5 heteroatoms. The van der Waals surface area contributed by atoms with Gasteiger partial charge in [-0.2, -0.15) is 0 Å². The van der Waals surface area contributed by atoms with Gasteiger partial charge in [-0.05, 0) is 51.8 Å². The quantitative estimate of drug-likeness (QED) is 0.588. The topological polar surface area (TPSA) is 68.9 Å². The van der Waals surface area contributed by atoms with E-state index in [1.165, 1.54) is 18.3 Å². The van der Waals surface area contributed by atoms with E-state index in [1.807, 2.05) is 13.0 Å². The van der Waals surface area contributed by atoms with Gasteiger partial charge in [0.1, 0.15) is 17.9 Å². The van der Waals surface area contributed by atoms with Crippen LogP contribution in [0.4, 0.5) is 0 Å². The van der Waals surface area contributed by atoms with E-state index in [1.54, 1.807) is 18.2 Å². The highest BCUT2D eigenvalue weighted by Crippen LogP contribution is 2.33. The molecule has 0 aliphatic heterocycles.